The van der Waals surface area contributed by atoms with Gasteiger partial charge in [-0.2, -0.15) is 5.10 Å². The van der Waals surface area contributed by atoms with Crippen LogP contribution in [0.5, 0.6) is 0 Å². The van der Waals surface area contributed by atoms with Crippen LogP contribution in [0, 0.1) is 0 Å². The molecule has 0 spiro atoms. The minimum atomic E-state index is 0.478. The molecule has 2 nitrogen and oxygen atoms in total. The summed E-state index contributed by atoms with van der Waals surface area (Å²) in [5.41, 5.74) is 2.59. The van der Waals surface area contributed by atoms with Gasteiger partial charge in [-0.25, -0.2) is 0 Å². The maximum absolute atomic E-state index is 4.86. The van der Waals surface area contributed by atoms with Crippen LogP contribution in [-0.2, 0) is 0 Å². The summed E-state index contributed by atoms with van der Waals surface area (Å²) in [5.74, 6) is 0.706. The molecule has 1 atom stereocenters. The van der Waals surface area contributed by atoms with Gasteiger partial charge in [-0.05, 0) is 44.4 Å². The first kappa shape index (κ1) is 11.3. The standard InChI is InChI=1S/C14H17BrN2/c1-3-9(2)17-13-7-6-11(15)8-12(13)14(16-17)10-4-5-10/h6-10H,3-5H2,1-2H3. The van der Waals surface area contributed by atoms with Crippen LogP contribution < -0.4 is 0 Å². The molecular weight excluding hydrogens is 276 g/mol. The van der Waals surface area contributed by atoms with Crippen molar-refractivity contribution in [1.29, 1.82) is 0 Å². The van der Waals surface area contributed by atoms with Crippen LogP contribution in [0.1, 0.15) is 50.8 Å². The van der Waals surface area contributed by atoms with Crippen LogP contribution >= 0.6 is 15.9 Å². The number of hydrogen-bond acceptors (Lipinski definition) is 1. The highest BCUT2D eigenvalue weighted by Crippen LogP contribution is 2.43. The number of benzene rings is 1. The summed E-state index contributed by atoms with van der Waals surface area (Å²) in [6.45, 7) is 4.46. The first-order valence-electron chi connectivity index (χ1n) is 6.38. The summed E-state index contributed by atoms with van der Waals surface area (Å²) in [5, 5.41) is 6.19. The lowest BCUT2D eigenvalue weighted by Gasteiger charge is -2.10. The van der Waals surface area contributed by atoms with Gasteiger partial charge >= 0.3 is 0 Å². The van der Waals surface area contributed by atoms with Crippen molar-refractivity contribution in [3.63, 3.8) is 0 Å². The molecule has 90 valence electrons. The normalized spacial score (nSPS) is 17.6. The maximum atomic E-state index is 4.86. The van der Waals surface area contributed by atoms with Gasteiger partial charge in [0.2, 0.25) is 0 Å². The quantitative estimate of drug-likeness (QED) is 0.805. The largest absolute Gasteiger partial charge is 0.262 e. The van der Waals surface area contributed by atoms with Crippen molar-refractivity contribution in [3.05, 3.63) is 28.4 Å². The zero-order valence-corrected chi connectivity index (χ0v) is 11.9. The third kappa shape index (κ3) is 1.90. The summed E-state index contributed by atoms with van der Waals surface area (Å²) in [6, 6.07) is 6.99. The fourth-order valence-electron chi connectivity index (χ4n) is 2.30. The van der Waals surface area contributed by atoms with Crippen molar-refractivity contribution in [3.8, 4) is 0 Å². The third-order valence-electron chi connectivity index (χ3n) is 3.67. The number of rotatable bonds is 3. The van der Waals surface area contributed by atoms with E-state index in [9.17, 15) is 0 Å². The highest BCUT2D eigenvalue weighted by atomic mass is 79.9. The molecule has 1 saturated carbocycles. The molecule has 0 saturated heterocycles. The lowest BCUT2D eigenvalue weighted by Crippen LogP contribution is -2.05. The molecule has 0 amide bonds. The van der Waals surface area contributed by atoms with Crippen molar-refractivity contribution < 1.29 is 0 Å². The van der Waals surface area contributed by atoms with Crippen molar-refractivity contribution >= 4 is 26.8 Å². The number of halogens is 1. The van der Waals surface area contributed by atoms with E-state index in [1.807, 2.05) is 0 Å². The van der Waals surface area contributed by atoms with Gasteiger partial charge in [0.15, 0.2) is 0 Å². The second-order valence-corrected chi connectivity index (χ2v) is 5.94. The van der Waals surface area contributed by atoms with Gasteiger partial charge in [0.05, 0.1) is 11.2 Å². The third-order valence-corrected chi connectivity index (χ3v) is 4.16. The van der Waals surface area contributed by atoms with E-state index in [4.69, 9.17) is 5.10 Å². The predicted octanol–water partition coefficient (Wildman–Crippen LogP) is 4.65. The van der Waals surface area contributed by atoms with Crippen LogP contribution in [0.2, 0.25) is 0 Å². The van der Waals surface area contributed by atoms with Crippen molar-refractivity contribution in [2.45, 2.75) is 45.1 Å². The molecule has 0 aliphatic heterocycles. The van der Waals surface area contributed by atoms with E-state index in [0.717, 1.165) is 10.9 Å². The average Bonchev–Trinajstić information content (AvgIpc) is 3.10. The average molecular weight is 293 g/mol. The number of fused-ring (bicyclic) bond motifs is 1. The van der Waals surface area contributed by atoms with Crippen molar-refractivity contribution in [2.75, 3.05) is 0 Å². The van der Waals surface area contributed by atoms with Crippen LogP contribution in [0.4, 0.5) is 0 Å². The second kappa shape index (κ2) is 4.13. The maximum Gasteiger partial charge on any atom is 0.0734 e. The van der Waals surface area contributed by atoms with Crippen LogP contribution in [0.25, 0.3) is 10.9 Å². The second-order valence-electron chi connectivity index (χ2n) is 5.02. The minimum absolute atomic E-state index is 0.478. The van der Waals surface area contributed by atoms with E-state index >= 15 is 0 Å². The summed E-state index contributed by atoms with van der Waals surface area (Å²) < 4.78 is 3.35. The van der Waals surface area contributed by atoms with Gasteiger partial charge < -0.3 is 0 Å². The Morgan fingerprint density at radius 3 is 2.88 bits per heavy atom. The number of aromatic nitrogens is 2. The first-order chi connectivity index (χ1) is 8.20. The zero-order chi connectivity index (χ0) is 12.0. The molecule has 1 aliphatic rings. The van der Waals surface area contributed by atoms with Crippen molar-refractivity contribution in [2.24, 2.45) is 0 Å². The molecule has 0 bridgehead atoms. The van der Waals surface area contributed by atoms with E-state index in [1.54, 1.807) is 0 Å². The Morgan fingerprint density at radius 1 is 1.47 bits per heavy atom. The number of hydrogen-bond donors (Lipinski definition) is 0. The topological polar surface area (TPSA) is 17.8 Å². The van der Waals surface area contributed by atoms with E-state index in [-0.39, 0.29) is 0 Å². The lowest BCUT2D eigenvalue weighted by molar-refractivity contribution is 0.488. The number of nitrogens with zero attached hydrogens (tertiary/aromatic N) is 2. The molecule has 1 fully saturated rings. The SMILES string of the molecule is CCC(C)n1nc(C2CC2)c2cc(Br)ccc21. The highest BCUT2D eigenvalue weighted by molar-refractivity contribution is 9.10. The highest BCUT2D eigenvalue weighted by Gasteiger charge is 2.29. The van der Waals surface area contributed by atoms with Gasteiger partial charge in [0.25, 0.3) is 0 Å². The van der Waals surface area contributed by atoms with Crippen LogP contribution in [-0.4, -0.2) is 9.78 Å². The van der Waals surface area contributed by atoms with Crippen molar-refractivity contribution in [1.82, 2.24) is 9.78 Å². The summed E-state index contributed by atoms with van der Waals surface area (Å²) in [4.78, 5) is 0. The Kier molecular flexibility index (Phi) is 2.74. The molecule has 0 radical (unpaired) electrons. The molecule has 2 aromatic rings. The van der Waals surface area contributed by atoms with Crippen LogP contribution in [0.3, 0.4) is 0 Å². The first-order valence-corrected chi connectivity index (χ1v) is 7.17. The smallest absolute Gasteiger partial charge is 0.0734 e. The Labute approximate surface area is 110 Å². The molecule has 1 heterocycles. The molecule has 1 aromatic heterocycles. The Hall–Kier alpha value is -0.830. The monoisotopic (exact) mass is 292 g/mol. The molecule has 1 aliphatic carbocycles. The summed E-state index contributed by atoms with van der Waals surface area (Å²) >= 11 is 3.56. The Bertz CT molecular complexity index is 555. The van der Waals surface area contributed by atoms with Gasteiger partial charge in [-0.3, -0.25) is 4.68 Å². The molecule has 3 rings (SSSR count). The zero-order valence-electron chi connectivity index (χ0n) is 10.3. The van der Waals surface area contributed by atoms with E-state index in [1.165, 1.54) is 29.4 Å². The van der Waals surface area contributed by atoms with Crippen LogP contribution in [0.15, 0.2) is 22.7 Å². The Morgan fingerprint density at radius 2 is 2.24 bits per heavy atom. The van der Waals surface area contributed by atoms with Gasteiger partial charge in [-0.15, -0.1) is 0 Å². The molecule has 0 N–H and O–H groups in total. The van der Waals surface area contributed by atoms with E-state index in [2.05, 4.69) is 52.7 Å². The van der Waals surface area contributed by atoms with E-state index < -0.39 is 0 Å². The molecule has 1 unspecified atom stereocenters. The molecule has 1 aromatic carbocycles. The molecule has 17 heavy (non-hydrogen) atoms. The van der Waals surface area contributed by atoms with Gasteiger partial charge in [-0.1, -0.05) is 22.9 Å². The van der Waals surface area contributed by atoms with Gasteiger partial charge in [0, 0.05) is 21.8 Å². The molecule has 3 heteroatoms. The Balaban J connectivity index is 2.22. The fraction of sp³-hybridized carbons (Fsp3) is 0.500. The summed E-state index contributed by atoms with van der Waals surface area (Å²) in [6.07, 6.45) is 3.73. The van der Waals surface area contributed by atoms with E-state index in [0.29, 0.717) is 12.0 Å². The summed E-state index contributed by atoms with van der Waals surface area (Å²) in [7, 11) is 0. The minimum Gasteiger partial charge on any atom is -0.262 e. The molecular formula is C14H17BrN2. The lowest BCUT2D eigenvalue weighted by atomic mass is 10.1. The predicted molar refractivity (Wildman–Crippen MR) is 74.4 cm³/mol. The van der Waals surface area contributed by atoms with Gasteiger partial charge in [0.1, 0.15) is 0 Å². The fourth-order valence-corrected chi connectivity index (χ4v) is 2.67.